The van der Waals surface area contributed by atoms with Crippen LogP contribution in [0.5, 0.6) is 0 Å². The molecule has 1 N–H and O–H groups in total. The number of carbonyl (C=O) groups excluding carboxylic acids is 2. The Balaban J connectivity index is 1.50. The van der Waals surface area contributed by atoms with Crippen molar-refractivity contribution in [3.05, 3.63) is 101 Å². The van der Waals surface area contributed by atoms with Gasteiger partial charge in [-0.25, -0.2) is 4.39 Å². The van der Waals surface area contributed by atoms with E-state index in [0.29, 0.717) is 12.1 Å². The zero-order chi connectivity index (χ0) is 19.5. The molecule has 28 heavy (non-hydrogen) atoms. The van der Waals surface area contributed by atoms with Gasteiger partial charge in [0.05, 0.1) is 5.56 Å². The van der Waals surface area contributed by atoms with E-state index in [-0.39, 0.29) is 18.0 Å². The van der Waals surface area contributed by atoms with Gasteiger partial charge in [0.15, 0.2) is 0 Å². The zero-order valence-corrected chi connectivity index (χ0v) is 15.2. The zero-order valence-electron chi connectivity index (χ0n) is 15.2. The Kier molecular flexibility index (Phi) is 4.89. The van der Waals surface area contributed by atoms with E-state index in [0.717, 1.165) is 23.2 Å². The van der Waals surface area contributed by atoms with Crippen LogP contribution in [-0.2, 0) is 13.0 Å². The Bertz CT molecular complexity index is 1030. The van der Waals surface area contributed by atoms with E-state index in [1.54, 1.807) is 29.2 Å². The standard InChI is InChI=1S/C23H19FN2O2/c24-20-9-5-4-8-19(20)22(27)25-15-16-10-11-17-12-13-26(21(17)14-16)23(28)18-6-2-1-3-7-18/h1-11,14H,12-13,15H2,(H,25,27). The van der Waals surface area contributed by atoms with Gasteiger partial charge in [0.2, 0.25) is 0 Å². The number of fused-ring (bicyclic) bond motifs is 1. The molecule has 1 heterocycles. The predicted octanol–water partition coefficient (Wildman–Crippen LogP) is 3.96. The molecule has 4 nitrogen and oxygen atoms in total. The normalized spacial score (nSPS) is 12.5. The predicted molar refractivity (Wildman–Crippen MR) is 106 cm³/mol. The summed E-state index contributed by atoms with van der Waals surface area (Å²) in [5, 5.41) is 2.74. The molecule has 0 bridgehead atoms. The molecule has 0 atom stereocenters. The molecule has 0 radical (unpaired) electrons. The molecule has 0 saturated carbocycles. The molecule has 0 saturated heterocycles. The summed E-state index contributed by atoms with van der Waals surface area (Å²) in [4.78, 5) is 26.8. The van der Waals surface area contributed by atoms with Crippen LogP contribution >= 0.6 is 0 Å². The minimum absolute atomic E-state index is 0.0181. The largest absolute Gasteiger partial charge is 0.348 e. The highest BCUT2D eigenvalue weighted by atomic mass is 19.1. The molecule has 140 valence electrons. The van der Waals surface area contributed by atoms with Crippen molar-refractivity contribution in [1.29, 1.82) is 0 Å². The number of carbonyl (C=O) groups is 2. The van der Waals surface area contributed by atoms with Gasteiger partial charge in [0.25, 0.3) is 11.8 Å². The number of amides is 2. The quantitative estimate of drug-likeness (QED) is 0.752. The Morgan fingerprint density at radius 1 is 0.964 bits per heavy atom. The van der Waals surface area contributed by atoms with Crippen molar-refractivity contribution < 1.29 is 14.0 Å². The van der Waals surface area contributed by atoms with E-state index < -0.39 is 11.7 Å². The highest BCUT2D eigenvalue weighted by Gasteiger charge is 2.25. The number of benzene rings is 3. The van der Waals surface area contributed by atoms with Crippen LogP contribution in [0.2, 0.25) is 0 Å². The maximum absolute atomic E-state index is 13.7. The molecule has 1 aliphatic heterocycles. The second-order valence-corrected chi connectivity index (χ2v) is 6.70. The number of hydrogen-bond donors (Lipinski definition) is 1. The summed E-state index contributed by atoms with van der Waals surface area (Å²) < 4.78 is 13.7. The Morgan fingerprint density at radius 2 is 1.71 bits per heavy atom. The van der Waals surface area contributed by atoms with E-state index in [4.69, 9.17) is 0 Å². The summed E-state index contributed by atoms with van der Waals surface area (Å²) in [6.07, 6.45) is 0.801. The van der Waals surface area contributed by atoms with Crippen molar-refractivity contribution in [3.8, 4) is 0 Å². The van der Waals surface area contributed by atoms with E-state index in [1.165, 1.54) is 12.1 Å². The highest BCUT2D eigenvalue weighted by molar-refractivity contribution is 6.07. The van der Waals surface area contributed by atoms with Crippen LogP contribution in [0.4, 0.5) is 10.1 Å². The molecule has 3 aromatic carbocycles. The first-order chi connectivity index (χ1) is 13.6. The second-order valence-electron chi connectivity index (χ2n) is 6.70. The lowest BCUT2D eigenvalue weighted by molar-refractivity contribution is 0.0945. The fraction of sp³-hybridized carbons (Fsp3) is 0.130. The smallest absolute Gasteiger partial charge is 0.258 e. The van der Waals surface area contributed by atoms with Gasteiger partial charge < -0.3 is 10.2 Å². The maximum Gasteiger partial charge on any atom is 0.258 e. The second kappa shape index (κ2) is 7.64. The van der Waals surface area contributed by atoms with Crippen LogP contribution in [0.1, 0.15) is 31.8 Å². The molecule has 0 unspecified atom stereocenters. The molecule has 5 heteroatoms. The average molecular weight is 374 g/mol. The van der Waals surface area contributed by atoms with Crippen molar-refractivity contribution in [2.24, 2.45) is 0 Å². The van der Waals surface area contributed by atoms with Crippen LogP contribution in [0.3, 0.4) is 0 Å². The van der Waals surface area contributed by atoms with Crippen LogP contribution < -0.4 is 10.2 Å². The number of anilines is 1. The SMILES string of the molecule is O=C(NCc1ccc2c(c1)N(C(=O)c1ccccc1)CC2)c1ccccc1F. The van der Waals surface area contributed by atoms with Crippen molar-refractivity contribution >= 4 is 17.5 Å². The first kappa shape index (κ1) is 17.9. The molecule has 3 aromatic rings. The van der Waals surface area contributed by atoms with Gasteiger partial charge >= 0.3 is 0 Å². The van der Waals surface area contributed by atoms with Crippen LogP contribution in [0, 0.1) is 5.82 Å². The van der Waals surface area contributed by atoms with Crippen molar-refractivity contribution in [3.63, 3.8) is 0 Å². The van der Waals surface area contributed by atoms with Gasteiger partial charge in [-0.2, -0.15) is 0 Å². The van der Waals surface area contributed by atoms with Crippen LogP contribution in [0.25, 0.3) is 0 Å². The molecule has 0 aromatic heterocycles. The third-order valence-electron chi connectivity index (χ3n) is 4.88. The van der Waals surface area contributed by atoms with Gasteiger partial charge in [-0.3, -0.25) is 9.59 Å². The molecule has 0 aliphatic carbocycles. The summed E-state index contributed by atoms with van der Waals surface area (Å²) >= 11 is 0. The lowest BCUT2D eigenvalue weighted by Crippen LogP contribution is -2.29. The Labute approximate surface area is 162 Å². The van der Waals surface area contributed by atoms with E-state index in [1.807, 2.05) is 36.4 Å². The Morgan fingerprint density at radius 3 is 2.50 bits per heavy atom. The summed E-state index contributed by atoms with van der Waals surface area (Å²) in [6.45, 7) is 0.891. The first-order valence-electron chi connectivity index (χ1n) is 9.15. The maximum atomic E-state index is 13.7. The van der Waals surface area contributed by atoms with Crippen molar-refractivity contribution in [1.82, 2.24) is 5.32 Å². The molecule has 2 amide bonds. The molecule has 4 rings (SSSR count). The molecule has 0 spiro atoms. The third kappa shape index (κ3) is 3.51. The van der Waals surface area contributed by atoms with Crippen LogP contribution in [0.15, 0.2) is 72.8 Å². The summed E-state index contributed by atoms with van der Waals surface area (Å²) in [5.74, 6) is -1.05. The fourth-order valence-electron chi connectivity index (χ4n) is 3.41. The number of hydrogen-bond acceptors (Lipinski definition) is 2. The van der Waals surface area contributed by atoms with Crippen LogP contribution in [-0.4, -0.2) is 18.4 Å². The number of nitrogens with one attached hydrogen (secondary N) is 1. The summed E-state index contributed by atoms with van der Waals surface area (Å²) in [5.41, 5.74) is 3.49. The van der Waals surface area contributed by atoms with Crippen molar-refractivity contribution in [2.45, 2.75) is 13.0 Å². The van der Waals surface area contributed by atoms with E-state index in [9.17, 15) is 14.0 Å². The number of rotatable bonds is 4. The lowest BCUT2D eigenvalue weighted by Gasteiger charge is -2.18. The summed E-state index contributed by atoms with van der Waals surface area (Å²) in [7, 11) is 0. The monoisotopic (exact) mass is 374 g/mol. The average Bonchev–Trinajstić information content (AvgIpc) is 3.15. The number of halogens is 1. The molecule has 1 aliphatic rings. The third-order valence-corrected chi connectivity index (χ3v) is 4.88. The summed E-state index contributed by atoms with van der Waals surface area (Å²) in [6, 6.07) is 20.9. The molecular weight excluding hydrogens is 355 g/mol. The minimum Gasteiger partial charge on any atom is -0.348 e. The minimum atomic E-state index is -0.548. The van der Waals surface area contributed by atoms with E-state index in [2.05, 4.69) is 5.32 Å². The van der Waals surface area contributed by atoms with Gasteiger partial charge in [0, 0.05) is 24.3 Å². The number of nitrogens with zero attached hydrogens (tertiary/aromatic N) is 1. The van der Waals surface area contributed by atoms with E-state index >= 15 is 0 Å². The van der Waals surface area contributed by atoms with Gasteiger partial charge in [-0.05, 0) is 47.9 Å². The lowest BCUT2D eigenvalue weighted by atomic mass is 10.1. The van der Waals surface area contributed by atoms with Crippen molar-refractivity contribution in [2.75, 3.05) is 11.4 Å². The first-order valence-corrected chi connectivity index (χ1v) is 9.15. The Hall–Kier alpha value is -3.47. The molecule has 0 fully saturated rings. The van der Waals surface area contributed by atoms with Gasteiger partial charge in [0.1, 0.15) is 5.82 Å². The van der Waals surface area contributed by atoms with Gasteiger partial charge in [-0.1, -0.05) is 42.5 Å². The fourth-order valence-corrected chi connectivity index (χ4v) is 3.41. The van der Waals surface area contributed by atoms with Gasteiger partial charge in [-0.15, -0.1) is 0 Å². The topological polar surface area (TPSA) is 49.4 Å². The molecular formula is C23H19FN2O2. The highest BCUT2D eigenvalue weighted by Crippen LogP contribution is 2.30.